The summed E-state index contributed by atoms with van der Waals surface area (Å²) in [6, 6.07) is 13.3. The summed E-state index contributed by atoms with van der Waals surface area (Å²) in [6.07, 6.45) is 1.91. The third-order valence-electron chi connectivity index (χ3n) is 3.67. The van der Waals surface area contributed by atoms with E-state index in [4.69, 9.17) is 9.47 Å². The van der Waals surface area contributed by atoms with Crippen LogP contribution >= 0.6 is 11.8 Å². The zero-order valence-electron chi connectivity index (χ0n) is 14.2. The van der Waals surface area contributed by atoms with E-state index < -0.39 is 0 Å². The van der Waals surface area contributed by atoms with Gasteiger partial charge in [0.2, 0.25) is 5.91 Å². The van der Waals surface area contributed by atoms with Crippen molar-refractivity contribution in [1.29, 1.82) is 0 Å². The minimum atomic E-state index is -0.0694. The van der Waals surface area contributed by atoms with Crippen LogP contribution in [0.2, 0.25) is 0 Å². The number of hydrogen-bond donors (Lipinski definition) is 2. The lowest BCUT2D eigenvalue weighted by molar-refractivity contribution is -0.113. The van der Waals surface area contributed by atoms with Gasteiger partial charge in [0.15, 0.2) is 0 Å². The largest absolute Gasteiger partial charge is 0.497 e. The molecule has 2 N–H and O–H groups in total. The van der Waals surface area contributed by atoms with Crippen LogP contribution in [0.15, 0.2) is 53.6 Å². The summed E-state index contributed by atoms with van der Waals surface area (Å²) < 4.78 is 10.8. The molecule has 0 aliphatic rings. The molecule has 130 valence electrons. The van der Waals surface area contributed by atoms with Crippen molar-refractivity contribution in [3.63, 3.8) is 0 Å². The number of nitrogens with one attached hydrogen (secondary N) is 2. The van der Waals surface area contributed by atoms with Crippen molar-refractivity contribution in [2.45, 2.75) is 11.8 Å². The molecule has 0 bridgehead atoms. The highest BCUT2D eigenvalue weighted by Crippen LogP contribution is 2.30. The maximum absolute atomic E-state index is 12.3. The van der Waals surface area contributed by atoms with Gasteiger partial charge in [0.05, 0.1) is 30.7 Å². The summed E-state index contributed by atoms with van der Waals surface area (Å²) in [5.41, 5.74) is 1.68. The minimum absolute atomic E-state index is 0.0694. The fourth-order valence-electron chi connectivity index (χ4n) is 2.51. The van der Waals surface area contributed by atoms with Crippen LogP contribution in [-0.2, 0) is 4.79 Å². The van der Waals surface area contributed by atoms with Crippen molar-refractivity contribution in [1.82, 2.24) is 4.98 Å². The van der Waals surface area contributed by atoms with Gasteiger partial charge in [0.1, 0.15) is 11.5 Å². The van der Waals surface area contributed by atoms with Crippen molar-refractivity contribution in [3.8, 4) is 11.5 Å². The summed E-state index contributed by atoms with van der Waals surface area (Å²) in [7, 11) is 1.64. The zero-order valence-corrected chi connectivity index (χ0v) is 15.0. The molecule has 0 saturated carbocycles. The Morgan fingerprint density at radius 1 is 1.24 bits per heavy atom. The molecule has 0 radical (unpaired) electrons. The Labute approximate surface area is 150 Å². The highest BCUT2D eigenvalue weighted by Gasteiger charge is 2.10. The molecule has 1 heterocycles. The summed E-state index contributed by atoms with van der Waals surface area (Å²) in [5.74, 6) is 1.73. The highest BCUT2D eigenvalue weighted by atomic mass is 32.2. The van der Waals surface area contributed by atoms with Gasteiger partial charge in [0.25, 0.3) is 0 Å². The highest BCUT2D eigenvalue weighted by molar-refractivity contribution is 8.00. The summed E-state index contributed by atoms with van der Waals surface area (Å²) >= 11 is 1.49. The first-order valence-electron chi connectivity index (χ1n) is 8.01. The topological polar surface area (TPSA) is 63.3 Å². The van der Waals surface area contributed by atoms with Gasteiger partial charge in [-0.25, -0.2) is 0 Å². The molecule has 1 aromatic heterocycles. The standard InChI is InChI=1S/C19H20N2O3S/c1-3-24-17-7-5-4-6-15(17)21-19(22)12-25-18-11-20-16-10-13(23-2)8-9-14(16)18/h4-11,20H,3,12H2,1-2H3,(H,21,22). The monoisotopic (exact) mass is 356 g/mol. The van der Waals surface area contributed by atoms with E-state index in [2.05, 4.69) is 10.3 Å². The van der Waals surface area contributed by atoms with Crippen molar-refractivity contribution >= 4 is 34.3 Å². The molecule has 1 amide bonds. The van der Waals surface area contributed by atoms with Gasteiger partial charge in [0, 0.05) is 22.5 Å². The van der Waals surface area contributed by atoms with Crippen molar-refractivity contribution in [2.24, 2.45) is 0 Å². The fraction of sp³-hybridized carbons (Fsp3) is 0.211. The number of benzene rings is 2. The maximum atomic E-state index is 12.3. The average molecular weight is 356 g/mol. The van der Waals surface area contributed by atoms with Crippen molar-refractivity contribution in [2.75, 3.05) is 24.8 Å². The van der Waals surface area contributed by atoms with E-state index in [0.717, 1.165) is 21.5 Å². The smallest absolute Gasteiger partial charge is 0.234 e. The molecule has 2 aromatic carbocycles. The Hall–Kier alpha value is -2.60. The first kappa shape index (κ1) is 17.2. The predicted molar refractivity (Wildman–Crippen MR) is 102 cm³/mol. The van der Waals surface area contributed by atoms with Crippen LogP contribution in [-0.4, -0.2) is 30.4 Å². The Kier molecular flexibility index (Phi) is 5.50. The Bertz CT molecular complexity index is 876. The summed E-state index contributed by atoms with van der Waals surface area (Å²) in [4.78, 5) is 16.5. The van der Waals surface area contributed by atoms with Crippen molar-refractivity contribution in [3.05, 3.63) is 48.7 Å². The number of hydrogen-bond acceptors (Lipinski definition) is 4. The molecular weight excluding hydrogens is 336 g/mol. The van der Waals surface area contributed by atoms with Gasteiger partial charge in [-0.2, -0.15) is 0 Å². The van der Waals surface area contributed by atoms with Gasteiger partial charge in [-0.05, 0) is 31.2 Å². The van der Waals surface area contributed by atoms with E-state index >= 15 is 0 Å². The van der Waals surface area contributed by atoms with Crippen LogP contribution in [0.5, 0.6) is 11.5 Å². The normalized spacial score (nSPS) is 10.6. The number of H-pyrrole nitrogens is 1. The van der Waals surface area contributed by atoms with Crippen LogP contribution in [0.25, 0.3) is 10.9 Å². The molecule has 0 fully saturated rings. The van der Waals surface area contributed by atoms with Gasteiger partial charge in [-0.3, -0.25) is 4.79 Å². The second-order valence-electron chi connectivity index (χ2n) is 5.33. The van der Waals surface area contributed by atoms with E-state index in [1.165, 1.54) is 11.8 Å². The lowest BCUT2D eigenvalue weighted by Crippen LogP contribution is -2.14. The lowest BCUT2D eigenvalue weighted by atomic mass is 10.2. The molecule has 3 aromatic rings. The second kappa shape index (κ2) is 7.98. The lowest BCUT2D eigenvalue weighted by Gasteiger charge is -2.11. The number of thioether (sulfide) groups is 1. The predicted octanol–water partition coefficient (Wildman–Crippen LogP) is 4.31. The minimum Gasteiger partial charge on any atom is -0.497 e. The Morgan fingerprint density at radius 2 is 2.08 bits per heavy atom. The molecule has 0 spiro atoms. The third-order valence-corrected chi connectivity index (χ3v) is 4.73. The number of methoxy groups -OCH3 is 1. The quantitative estimate of drug-likeness (QED) is 0.619. The number of aromatic amines is 1. The van der Waals surface area contributed by atoms with Gasteiger partial charge in [-0.15, -0.1) is 11.8 Å². The van der Waals surface area contributed by atoms with Crippen LogP contribution in [0, 0.1) is 0 Å². The third kappa shape index (κ3) is 4.09. The van der Waals surface area contributed by atoms with E-state index in [-0.39, 0.29) is 5.91 Å². The number of amides is 1. The van der Waals surface area contributed by atoms with Crippen LogP contribution < -0.4 is 14.8 Å². The number of carbonyl (C=O) groups excluding carboxylic acids is 1. The number of fused-ring (bicyclic) bond motifs is 1. The van der Waals surface area contributed by atoms with Crippen molar-refractivity contribution < 1.29 is 14.3 Å². The van der Waals surface area contributed by atoms with E-state index in [1.54, 1.807) is 7.11 Å². The molecule has 0 atom stereocenters. The molecule has 5 nitrogen and oxygen atoms in total. The van der Waals surface area contributed by atoms with Crippen LogP contribution in [0.4, 0.5) is 5.69 Å². The molecule has 6 heteroatoms. The van der Waals surface area contributed by atoms with Gasteiger partial charge < -0.3 is 19.8 Å². The molecule has 0 aliphatic carbocycles. The number of aromatic nitrogens is 1. The van der Waals surface area contributed by atoms with Crippen LogP contribution in [0.3, 0.4) is 0 Å². The van der Waals surface area contributed by atoms with E-state index in [1.807, 2.05) is 55.6 Å². The average Bonchev–Trinajstić information content (AvgIpc) is 3.04. The maximum Gasteiger partial charge on any atom is 0.234 e. The fourth-order valence-corrected chi connectivity index (χ4v) is 3.34. The first-order chi connectivity index (χ1) is 12.2. The summed E-state index contributed by atoms with van der Waals surface area (Å²) in [6.45, 7) is 2.47. The van der Waals surface area contributed by atoms with Crippen LogP contribution in [0.1, 0.15) is 6.92 Å². The van der Waals surface area contributed by atoms with E-state index in [0.29, 0.717) is 23.8 Å². The Balaban J connectivity index is 1.65. The Morgan fingerprint density at radius 3 is 2.88 bits per heavy atom. The number of rotatable bonds is 7. The first-order valence-corrected chi connectivity index (χ1v) is 8.99. The SMILES string of the molecule is CCOc1ccccc1NC(=O)CSc1c[nH]c2cc(OC)ccc12. The zero-order chi connectivity index (χ0) is 17.6. The molecule has 0 unspecified atom stereocenters. The van der Waals surface area contributed by atoms with Gasteiger partial charge >= 0.3 is 0 Å². The van der Waals surface area contributed by atoms with Gasteiger partial charge in [-0.1, -0.05) is 12.1 Å². The number of ether oxygens (including phenoxy) is 2. The number of carbonyl (C=O) groups is 1. The second-order valence-corrected chi connectivity index (χ2v) is 6.35. The number of anilines is 1. The number of para-hydroxylation sites is 2. The molecule has 25 heavy (non-hydrogen) atoms. The molecule has 3 rings (SSSR count). The molecule has 0 saturated heterocycles. The molecule has 0 aliphatic heterocycles. The summed E-state index contributed by atoms with van der Waals surface area (Å²) in [5, 5.41) is 3.99. The van der Waals surface area contributed by atoms with E-state index in [9.17, 15) is 4.79 Å². The molecular formula is C19H20N2O3S.